The molecule has 5 heteroatoms. The summed E-state index contributed by atoms with van der Waals surface area (Å²) in [6, 6.07) is 3.77. The zero-order valence-corrected chi connectivity index (χ0v) is 9.04. The molecule has 0 spiro atoms. The number of carbonyl (C=O) groups is 1. The highest BCUT2D eigenvalue weighted by molar-refractivity contribution is 5.93. The maximum absolute atomic E-state index is 11.3. The first-order valence-corrected chi connectivity index (χ1v) is 4.78. The van der Waals surface area contributed by atoms with Gasteiger partial charge in [0.15, 0.2) is 12.3 Å². The number of nitrogens with zero attached hydrogens (tertiary/aromatic N) is 1. The zero-order valence-electron chi connectivity index (χ0n) is 9.04. The first kappa shape index (κ1) is 12.0. The van der Waals surface area contributed by atoms with Gasteiger partial charge in [-0.3, -0.25) is 0 Å². The molecule has 16 heavy (non-hydrogen) atoms. The number of benzene rings is 1. The Kier molecular flexibility index (Phi) is 3.50. The van der Waals surface area contributed by atoms with E-state index in [1.54, 1.807) is 13.8 Å². The lowest BCUT2D eigenvalue weighted by Crippen LogP contribution is -2.15. The summed E-state index contributed by atoms with van der Waals surface area (Å²) in [4.78, 5) is 10.7. The van der Waals surface area contributed by atoms with E-state index < -0.39 is 5.97 Å². The second kappa shape index (κ2) is 4.65. The fourth-order valence-corrected chi connectivity index (χ4v) is 1.10. The Morgan fingerprint density at radius 3 is 2.62 bits per heavy atom. The van der Waals surface area contributed by atoms with Crippen LogP contribution in [0.25, 0.3) is 0 Å². The highest BCUT2D eigenvalue weighted by atomic mass is 16.5. The summed E-state index contributed by atoms with van der Waals surface area (Å²) in [5.74, 6) is -1.54. The lowest BCUT2D eigenvalue weighted by atomic mass is 10.1. The monoisotopic (exact) mass is 223 g/mol. The van der Waals surface area contributed by atoms with Crippen LogP contribution in [0.3, 0.4) is 0 Å². The van der Waals surface area contributed by atoms with Crippen molar-refractivity contribution in [3.8, 4) is 5.75 Å². The van der Waals surface area contributed by atoms with E-state index in [0.717, 1.165) is 4.74 Å². The number of hydroxylamine groups is 1. The number of hydrogen-bond donors (Lipinski definition) is 2. The second-order valence-electron chi connectivity index (χ2n) is 3.66. The summed E-state index contributed by atoms with van der Waals surface area (Å²) in [5, 5.41) is 29.4. The minimum atomic E-state index is -1.23. The molecule has 0 aliphatic carbocycles. The van der Waals surface area contributed by atoms with Gasteiger partial charge in [-0.15, -0.1) is 0 Å². The smallest absolute Gasteiger partial charge is 0.339 e. The molecule has 0 aromatic heterocycles. The third kappa shape index (κ3) is 2.73. The Bertz CT molecular complexity index is 438. The van der Waals surface area contributed by atoms with Crippen LogP contribution >= 0.6 is 0 Å². The van der Waals surface area contributed by atoms with E-state index in [1.165, 1.54) is 24.4 Å². The summed E-state index contributed by atoms with van der Waals surface area (Å²) in [5.41, 5.74) is 0.227. The van der Waals surface area contributed by atoms with Crippen molar-refractivity contribution < 1.29 is 19.7 Å². The third-order valence-electron chi connectivity index (χ3n) is 2.04. The van der Waals surface area contributed by atoms with Gasteiger partial charge in [-0.1, -0.05) is 0 Å². The molecular formula is C11H13NO4. The van der Waals surface area contributed by atoms with Crippen LogP contribution in [0, 0.1) is 5.21 Å². The van der Waals surface area contributed by atoms with Gasteiger partial charge in [-0.2, -0.15) is 0 Å². The average molecular weight is 223 g/mol. The summed E-state index contributed by atoms with van der Waals surface area (Å²) < 4.78 is 0.720. The predicted molar refractivity (Wildman–Crippen MR) is 59.0 cm³/mol. The number of phenols is 1. The van der Waals surface area contributed by atoms with Gasteiger partial charge < -0.3 is 15.4 Å². The SMILES string of the molecule is CC(C)/[N+]([O-])=C/c1ccc(O)c(C(=O)O)c1. The van der Waals surface area contributed by atoms with E-state index in [0.29, 0.717) is 5.56 Å². The molecule has 0 amide bonds. The number of aromatic hydroxyl groups is 1. The maximum Gasteiger partial charge on any atom is 0.339 e. The van der Waals surface area contributed by atoms with Crippen molar-refractivity contribution in [3.05, 3.63) is 34.5 Å². The predicted octanol–water partition coefficient (Wildman–Crippen LogP) is 1.43. The first-order valence-electron chi connectivity index (χ1n) is 4.78. The van der Waals surface area contributed by atoms with Crippen molar-refractivity contribution in [2.24, 2.45) is 0 Å². The summed E-state index contributed by atoms with van der Waals surface area (Å²) in [6.45, 7) is 3.45. The molecule has 2 N–H and O–H groups in total. The van der Waals surface area contributed by atoms with Crippen molar-refractivity contribution in [2.45, 2.75) is 19.9 Å². The van der Waals surface area contributed by atoms with Crippen LogP contribution in [0.15, 0.2) is 18.2 Å². The topological polar surface area (TPSA) is 83.6 Å². The molecule has 0 atom stereocenters. The van der Waals surface area contributed by atoms with E-state index in [4.69, 9.17) is 5.11 Å². The van der Waals surface area contributed by atoms with Crippen LogP contribution in [0.1, 0.15) is 29.8 Å². The minimum Gasteiger partial charge on any atom is -0.624 e. The fraction of sp³-hybridized carbons (Fsp3) is 0.273. The van der Waals surface area contributed by atoms with Crippen molar-refractivity contribution >= 4 is 12.2 Å². The van der Waals surface area contributed by atoms with Crippen LogP contribution in [0.4, 0.5) is 0 Å². The van der Waals surface area contributed by atoms with E-state index in [-0.39, 0.29) is 17.4 Å². The molecule has 5 nitrogen and oxygen atoms in total. The lowest BCUT2D eigenvalue weighted by molar-refractivity contribution is -0.487. The van der Waals surface area contributed by atoms with E-state index in [2.05, 4.69) is 0 Å². The van der Waals surface area contributed by atoms with Crippen LogP contribution in [0.2, 0.25) is 0 Å². The van der Waals surface area contributed by atoms with E-state index >= 15 is 0 Å². The van der Waals surface area contributed by atoms with Gasteiger partial charge in [0.25, 0.3) is 0 Å². The molecule has 0 fully saturated rings. The van der Waals surface area contributed by atoms with Crippen LogP contribution in [-0.4, -0.2) is 33.2 Å². The molecule has 0 aliphatic heterocycles. The third-order valence-corrected chi connectivity index (χ3v) is 2.04. The van der Waals surface area contributed by atoms with Crippen molar-refractivity contribution in [1.82, 2.24) is 0 Å². The Morgan fingerprint density at radius 2 is 2.12 bits per heavy atom. The molecule has 1 rings (SSSR count). The molecular weight excluding hydrogens is 210 g/mol. The zero-order chi connectivity index (χ0) is 12.3. The summed E-state index contributed by atoms with van der Waals surface area (Å²) >= 11 is 0. The van der Waals surface area contributed by atoms with Crippen molar-refractivity contribution in [1.29, 1.82) is 0 Å². The number of hydrogen-bond acceptors (Lipinski definition) is 3. The van der Waals surface area contributed by atoms with E-state index in [1.807, 2.05) is 0 Å². The standard InChI is InChI=1S/C11H13NO4/c1-7(2)12(16)6-8-3-4-10(13)9(5-8)11(14)15/h3-7,13H,1-2H3,(H,14,15)/b12-6-. The van der Waals surface area contributed by atoms with Gasteiger partial charge >= 0.3 is 5.97 Å². The van der Waals surface area contributed by atoms with Crippen molar-refractivity contribution in [3.63, 3.8) is 0 Å². The molecule has 0 saturated heterocycles. The van der Waals surface area contributed by atoms with Gasteiger partial charge in [-0.25, -0.2) is 9.53 Å². The van der Waals surface area contributed by atoms with E-state index in [9.17, 15) is 15.1 Å². The number of carboxylic acids is 1. The van der Waals surface area contributed by atoms with Gasteiger partial charge in [0.1, 0.15) is 11.3 Å². The normalized spacial score (nSPS) is 11.8. The largest absolute Gasteiger partial charge is 0.624 e. The highest BCUT2D eigenvalue weighted by Crippen LogP contribution is 2.17. The molecule has 0 saturated carbocycles. The molecule has 0 heterocycles. The molecule has 0 unspecified atom stereocenters. The maximum atomic E-state index is 11.3. The number of rotatable bonds is 3. The Morgan fingerprint density at radius 1 is 1.50 bits per heavy atom. The second-order valence-corrected chi connectivity index (χ2v) is 3.66. The fourth-order valence-electron chi connectivity index (χ4n) is 1.10. The van der Waals surface area contributed by atoms with Gasteiger partial charge in [0, 0.05) is 5.56 Å². The number of aromatic carboxylic acids is 1. The average Bonchev–Trinajstić information content (AvgIpc) is 2.20. The molecule has 0 radical (unpaired) electrons. The Labute approximate surface area is 92.9 Å². The van der Waals surface area contributed by atoms with Crippen LogP contribution in [-0.2, 0) is 0 Å². The molecule has 0 bridgehead atoms. The van der Waals surface area contributed by atoms with Crippen molar-refractivity contribution in [2.75, 3.05) is 0 Å². The Hall–Kier alpha value is -2.04. The number of carboxylic acid groups (broad SMARTS) is 1. The van der Waals surface area contributed by atoms with Gasteiger partial charge in [0.05, 0.1) is 0 Å². The Balaban J connectivity index is 3.13. The minimum absolute atomic E-state index is 0.217. The molecule has 0 aliphatic rings. The van der Waals surface area contributed by atoms with Gasteiger partial charge in [0.2, 0.25) is 0 Å². The van der Waals surface area contributed by atoms with Crippen LogP contribution < -0.4 is 0 Å². The molecule has 1 aromatic carbocycles. The summed E-state index contributed by atoms with van der Waals surface area (Å²) in [6.07, 6.45) is 1.29. The van der Waals surface area contributed by atoms with Crippen LogP contribution in [0.5, 0.6) is 5.75 Å². The molecule has 1 aromatic rings. The lowest BCUT2D eigenvalue weighted by Gasteiger charge is -2.07. The quantitative estimate of drug-likeness (QED) is 0.351. The van der Waals surface area contributed by atoms with Gasteiger partial charge in [-0.05, 0) is 32.0 Å². The first-order chi connectivity index (χ1) is 7.41. The summed E-state index contributed by atoms with van der Waals surface area (Å²) in [7, 11) is 0. The highest BCUT2D eigenvalue weighted by Gasteiger charge is 2.10. The molecule has 86 valence electrons.